The van der Waals surface area contributed by atoms with Gasteiger partial charge in [0.25, 0.3) is 0 Å². The average Bonchev–Trinajstić information content (AvgIpc) is 2.71. The first-order valence-electron chi connectivity index (χ1n) is 5.45. The molecule has 1 saturated carbocycles. The Bertz CT molecular complexity index is 157. The fourth-order valence-electron chi connectivity index (χ4n) is 2.34. The molecule has 3 nitrogen and oxygen atoms in total. The minimum absolute atomic E-state index is 0.330. The summed E-state index contributed by atoms with van der Waals surface area (Å²) in [5.41, 5.74) is 5.85. The molecule has 0 bridgehead atoms. The van der Waals surface area contributed by atoms with Crippen LogP contribution in [-0.2, 0) is 4.74 Å². The third kappa shape index (κ3) is 2.66. The zero-order chi connectivity index (χ0) is 9.10. The molecule has 0 aromatic rings. The number of nitrogens with one attached hydrogen (secondary N) is 1. The molecule has 13 heavy (non-hydrogen) atoms. The topological polar surface area (TPSA) is 47.3 Å². The van der Waals surface area contributed by atoms with Gasteiger partial charge in [0.05, 0.1) is 0 Å². The molecule has 3 heteroatoms. The van der Waals surface area contributed by atoms with Gasteiger partial charge in [-0.3, -0.25) is 5.32 Å². The monoisotopic (exact) mass is 184 g/mol. The first-order chi connectivity index (χ1) is 6.34. The molecule has 76 valence electrons. The molecule has 2 fully saturated rings. The zero-order valence-electron chi connectivity index (χ0n) is 8.17. The van der Waals surface area contributed by atoms with Crippen molar-refractivity contribution in [3.05, 3.63) is 0 Å². The van der Waals surface area contributed by atoms with Crippen LogP contribution in [0.4, 0.5) is 0 Å². The molecule has 1 aliphatic carbocycles. The van der Waals surface area contributed by atoms with Gasteiger partial charge >= 0.3 is 0 Å². The number of rotatable bonds is 3. The molecule has 1 heterocycles. The second-order valence-electron chi connectivity index (χ2n) is 4.35. The van der Waals surface area contributed by atoms with E-state index < -0.39 is 0 Å². The smallest absolute Gasteiger partial charge is 0.108 e. The average molecular weight is 184 g/mol. The van der Waals surface area contributed by atoms with Gasteiger partial charge in [-0.15, -0.1) is 0 Å². The molecule has 2 rings (SSSR count). The van der Waals surface area contributed by atoms with E-state index in [1.807, 2.05) is 0 Å². The van der Waals surface area contributed by atoms with Gasteiger partial charge in [-0.25, -0.2) is 0 Å². The van der Waals surface area contributed by atoms with Crippen LogP contribution in [-0.4, -0.2) is 25.4 Å². The number of ether oxygens (including phenoxy) is 1. The van der Waals surface area contributed by atoms with Crippen LogP contribution in [0.25, 0.3) is 0 Å². The number of hydrogen-bond donors (Lipinski definition) is 2. The van der Waals surface area contributed by atoms with E-state index in [0.717, 1.165) is 19.1 Å². The maximum atomic E-state index is 5.85. The highest BCUT2D eigenvalue weighted by Crippen LogP contribution is 2.23. The van der Waals surface area contributed by atoms with Crippen LogP contribution in [0.5, 0.6) is 0 Å². The van der Waals surface area contributed by atoms with Crippen LogP contribution in [0, 0.1) is 5.92 Å². The van der Waals surface area contributed by atoms with E-state index in [0.29, 0.717) is 12.3 Å². The summed E-state index contributed by atoms with van der Waals surface area (Å²) in [5, 5.41) is 3.47. The van der Waals surface area contributed by atoms with Crippen molar-refractivity contribution in [1.82, 2.24) is 5.32 Å². The molecule has 2 aliphatic rings. The maximum absolute atomic E-state index is 5.85. The first-order valence-corrected chi connectivity index (χ1v) is 5.45. The second kappa shape index (κ2) is 4.40. The molecule has 3 N–H and O–H groups in total. The Labute approximate surface area is 80.0 Å². The number of nitrogens with two attached hydrogens (primary N) is 1. The normalized spacial score (nSPS) is 39.9. The van der Waals surface area contributed by atoms with E-state index in [1.165, 1.54) is 32.1 Å². The predicted octanol–water partition coefficient (Wildman–Crippen LogP) is 0.840. The molecule has 0 spiro atoms. The summed E-state index contributed by atoms with van der Waals surface area (Å²) >= 11 is 0. The summed E-state index contributed by atoms with van der Waals surface area (Å²) in [5.74, 6) is 0.791. The van der Waals surface area contributed by atoms with Crippen LogP contribution < -0.4 is 11.1 Å². The molecule has 3 atom stereocenters. The van der Waals surface area contributed by atoms with Crippen LogP contribution in [0.1, 0.15) is 32.1 Å². The molecule has 1 saturated heterocycles. The van der Waals surface area contributed by atoms with Gasteiger partial charge in [0, 0.05) is 19.2 Å². The fourth-order valence-corrected chi connectivity index (χ4v) is 2.34. The Morgan fingerprint density at radius 1 is 1.31 bits per heavy atom. The Kier molecular flexibility index (Phi) is 3.19. The highest BCUT2D eigenvalue weighted by atomic mass is 16.5. The Morgan fingerprint density at radius 2 is 2.23 bits per heavy atom. The van der Waals surface area contributed by atoms with Gasteiger partial charge in [-0.2, -0.15) is 0 Å². The first kappa shape index (κ1) is 9.44. The summed E-state index contributed by atoms with van der Waals surface area (Å²) < 4.78 is 5.50. The van der Waals surface area contributed by atoms with Crippen LogP contribution in [0.3, 0.4) is 0 Å². The van der Waals surface area contributed by atoms with E-state index in [9.17, 15) is 0 Å². The van der Waals surface area contributed by atoms with E-state index in [2.05, 4.69) is 5.32 Å². The number of hydrogen-bond acceptors (Lipinski definition) is 3. The molecular formula is C10H20N2O. The van der Waals surface area contributed by atoms with Crippen molar-refractivity contribution in [3.8, 4) is 0 Å². The molecule has 0 radical (unpaired) electrons. The minimum atomic E-state index is 0.330. The summed E-state index contributed by atoms with van der Waals surface area (Å²) in [6.07, 6.45) is 6.41. The van der Waals surface area contributed by atoms with Crippen LogP contribution >= 0.6 is 0 Å². The Hall–Kier alpha value is -0.120. The molecule has 0 amide bonds. The lowest BCUT2D eigenvalue weighted by molar-refractivity contribution is 0.0806. The Morgan fingerprint density at radius 3 is 2.85 bits per heavy atom. The largest absolute Gasteiger partial charge is 0.363 e. The van der Waals surface area contributed by atoms with E-state index in [1.54, 1.807) is 0 Å². The Balaban J connectivity index is 1.62. The lowest BCUT2D eigenvalue weighted by atomic mass is 10.1. The van der Waals surface area contributed by atoms with E-state index in [-0.39, 0.29) is 0 Å². The van der Waals surface area contributed by atoms with Gasteiger partial charge in [-0.1, -0.05) is 0 Å². The molecule has 0 aromatic carbocycles. The van der Waals surface area contributed by atoms with Gasteiger partial charge in [0.1, 0.15) is 6.23 Å². The van der Waals surface area contributed by atoms with Gasteiger partial charge < -0.3 is 10.5 Å². The summed E-state index contributed by atoms with van der Waals surface area (Å²) in [4.78, 5) is 0. The second-order valence-corrected chi connectivity index (χ2v) is 4.35. The molecular weight excluding hydrogens is 164 g/mol. The fraction of sp³-hybridized carbons (Fsp3) is 1.00. The molecule has 0 aromatic heterocycles. The molecule has 1 aliphatic heterocycles. The summed E-state index contributed by atoms with van der Waals surface area (Å²) in [6, 6.07) is 0.455. The van der Waals surface area contributed by atoms with Crippen molar-refractivity contribution in [2.24, 2.45) is 11.7 Å². The third-order valence-electron chi connectivity index (χ3n) is 3.15. The van der Waals surface area contributed by atoms with Gasteiger partial charge in [0.2, 0.25) is 0 Å². The highest BCUT2D eigenvalue weighted by molar-refractivity contribution is 4.79. The maximum Gasteiger partial charge on any atom is 0.108 e. The van der Waals surface area contributed by atoms with Crippen molar-refractivity contribution in [1.29, 1.82) is 0 Å². The minimum Gasteiger partial charge on any atom is -0.363 e. The lowest BCUT2D eigenvalue weighted by Gasteiger charge is -2.15. The third-order valence-corrected chi connectivity index (χ3v) is 3.15. The van der Waals surface area contributed by atoms with E-state index in [4.69, 9.17) is 10.5 Å². The van der Waals surface area contributed by atoms with E-state index >= 15 is 0 Å². The zero-order valence-corrected chi connectivity index (χ0v) is 8.17. The van der Waals surface area contributed by atoms with Gasteiger partial charge in [-0.05, 0) is 38.0 Å². The van der Waals surface area contributed by atoms with Crippen molar-refractivity contribution in [2.45, 2.75) is 44.4 Å². The van der Waals surface area contributed by atoms with Crippen molar-refractivity contribution in [3.63, 3.8) is 0 Å². The van der Waals surface area contributed by atoms with Crippen LogP contribution in [0.2, 0.25) is 0 Å². The van der Waals surface area contributed by atoms with Crippen molar-refractivity contribution in [2.75, 3.05) is 13.2 Å². The standard InChI is InChI=1S/C10H20N2O/c11-9-4-3-8(6-9)7-12-10-2-1-5-13-10/h8-10,12H,1-7,11H2. The highest BCUT2D eigenvalue weighted by Gasteiger charge is 2.23. The van der Waals surface area contributed by atoms with Crippen molar-refractivity contribution < 1.29 is 4.74 Å². The summed E-state index contributed by atoms with van der Waals surface area (Å²) in [6.45, 7) is 2.03. The van der Waals surface area contributed by atoms with Crippen LogP contribution in [0.15, 0.2) is 0 Å². The van der Waals surface area contributed by atoms with Crippen molar-refractivity contribution >= 4 is 0 Å². The summed E-state index contributed by atoms with van der Waals surface area (Å²) in [7, 11) is 0. The SMILES string of the molecule is NC1CCC(CNC2CCCO2)C1. The van der Waals surface area contributed by atoms with Gasteiger partial charge in [0.15, 0.2) is 0 Å². The predicted molar refractivity (Wildman–Crippen MR) is 52.3 cm³/mol. The quantitative estimate of drug-likeness (QED) is 0.683. The lowest BCUT2D eigenvalue weighted by Crippen LogP contribution is -2.32. The molecule has 3 unspecified atom stereocenters.